The Labute approximate surface area is 203 Å². The molecular formula is C25H29BrClN3O2. The number of hydrogen-bond donors (Lipinski definition) is 0. The number of hydrogen-bond acceptors (Lipinski definition) is 4. The summed E-state index contributed by atoms with van der Waals surface area (Å²) in [6, 6.07) is 8.51. The van der Waals surface area contributed by atoms with E-state index in [1.54, 1.807) is 0 Å². The number of ether oxygens (including phenoxy) is 1. The second-order valence-corrected chi connectivity index (χ2v) is 10.5. The molecule has 1 saturated heterocycles. The fourth-order valence-electron chi connectivity index (χ4n) is 5.34. The van der Waals surface area contributed by atoms with Gasteiger partial charge in [-0.1, -0.05) is 24.1 Å². The Morgan fingerprint density at radius 1 is 1.03 bits per heavy atom. The minimum Gasteiger partial charge on any atom is -0.446 e. The summed E-state index contributed by atoms with van der Waals surface area (Å²) in [5.41, 5.74) is 4.96. The molecule has 2 aliphatic carbocycles. The van der Waals surface area contributed by atoms with Crippen molar-refractivity contribution in [2.75, 3.05) is 26.2 Å². The SMILES string of the molecule is O=C(OC1CCCCC1)N1CCN(C2c3ccc(Cl)cc3CCc3cc(Br)cnc32)CC1. The molecule has 1 aromatic carbocycles. The molecule has 1 saturated carbocycles. The number of aryl methyl sites for hydroxylation is 2. The zero-order valence-electron chi connectivity index (χ0n) is 18.2. The van der Waals surface area contributed by atoms with Gasteiger partial charge >= 0.3 is 6.09 Å². The minimum atomic E-state index is -0.146. The van der Waals surface area contributed by atoms with Crippen LogP contribution in [0.1, 0.15) is 60.5 Å². The Kier molecular flexibility index (Phi) is 6.72. The number of pyridine rings is 1. The fourth-order valence-corrected chi connectivity index (χ4v) is 5.92. The van der Waals surface area contributed by atoms with Crippen molar-refractivity contribution in [1.82, 2.24) is 14.8 Å². The maximum Gasteiger partial charge on any atom is 0.410 e. The number of piperazine rings is 1. The smallest absolute Gasteiger partial charge is 0.410 e. The molecule has 0 bridgehead atoms. The predicted molar refractivity (Wildman–Crippen MR) is 129 cm³/mol. The molecule has 32 heavy (non-hydrogen) atoms. The number of rotatable bonds is 2. The van der Waals surface area contributed by atoms with E-state index in [4.69, 9.17) is 21.3 Å². The topological polar surface area (TPSA) is 45.7 Å². The maximum atomic E-state index is 12.7. The van der Waals surface area contributed by atoms with Crippen molar-refractivity contribution in [3.63, 3.8) is 0 Å². The van der Waals surface area contributed by atoms with Crippen molar-refractivity contribution in [3.05, 3.63) is 62.3 Å². The van der Waals surface area contributed by atoms with E-state index in [9.17, 15) is 4.79 Å². The molecule has 3 aliphatic rings. The molecule has 1 amide bonds. The van der Waals surface area contributed by atoms with Crippen molar-refractivity contribution in [2.45, 2.75) is 57.1 Å². The van der Waals surface area contributed by atoms with Crippen molar-refractivity contribution in [2.24, 2.45) is 0 Å². The monoisotopic (exact) mass is 517 g/mol. The lowest BCUT2D eigenvalue weighted by molar-refractivity contribution is 0.0292. The lowest BCUT2D eigenvalue weighted by Crippen LogP contribution is -2.50. The maximum absolute atomic E-state index is 12.7. The Morgan fingerprint density at radius 2 is 1.78 bits per heavy atom. The van der Waals surface area contributed by atoms with Crippen LogP contribution in [0.4, 0.5) is 4.79 Å². The quantitative estimate of drug-likeness (QED) is 0.506. The van der Waals surface area contributed by atoms with Crippen LogP contribution in [0.5, 0.6) is 0 Å². The first kappa shape index (κ1) is 22.2. The highest BCUT2D eigenvalue weighted by atomic mass is 79.9. The minimum absolute atomic E-state index is 0.0735. The summed E-state index contributed by atoms with van der Waals surface area (Å²) in [7, 11) is 0. The summed E-state index contributed by atoms with van der Waals surface area (Å²) >= 11 is 9.93. The summed E-state index contributed by atoms with van der Waals surface area (Å²) in [4.78, 5) is 21.9. The fraction of sp³-hybridized carbons (Fsp3) is 0.520. The Bertz CT molecular complexity index is 934. The predicted octanol–water partition coefficient (Wildman–Crippen LogP) is 5.77. The molecule has 2 heterocycles. The lowest BCUT2D eigenvalue weighted by atomic mass is 9.96. The number of amides is 1. The van der Waals surface area contributed by atoms with Crippen LogP contribution in [0.15, 0.2) is 34.9 Å². The van der Waals surface area contributed by atoms with Crippen molar-refractivity contribution >= 4 is 33.6 Å². The summed E-state index contributed by atoms with van der Waals surface area (Å²) in [6.45, 7) is 2.95. The van der Waals surface area contributed by atoms with Crippen molar-refractivity contribution < 1.29 is 9.53 Å². The largest absolute Gasteiger partial charge is 0.446 e. The van der Waals surface area contributed by atoms with Crippen molar-refractivity contribution in [1.29, 1.82) is 0 Å². The molecule has 0 N–H and O–H groups in total. The molecule has 5 nitrogen and oxygen atoms in total. The van der Waals surface area contributed by atoms with Crippen LogP contribution in [0.3, 0.4) is 0 Å². The molecule has 1 aromatic heterocycles. The Hall–Kier alpha value is -1.63. The third kappa shape index (κ3) is 4.68. The van der Waals surface area contributed by atoms with Gasteiger partial charge in [0.15, 0.2) is 0 Å². The van der Waals surface area contributed by atoms with E-state index < -0.39 is 0 Å². The average molecular weight is 519 g/mol. The number of carbonyl (C=O) groups is 1. The molecular weight excluding hydrogens is 490 g/mol. The van der Waals surface area contributed by atoms with Gasteiger partial charge in [-0.15, -0.1) is 0 Å². The van der Waals surface area contributed by atoms with Gasteiger partial charge in [0.05, 0.1) is 11.7 Å². The lowest BCUT2D eigenvalue weighted by Gasteiger charge is -2.39. The molecule has 1 unspecified atom stereocenters. The number of aromatic nitrogens is 1. The zero-order valence-corrected chi connectivity index (χ0v) is 20.6. The van der Waals surface area contributed by atoms with E-state index >= 15 is 0 Å². The highest BCUT2D eigenvalue weighted by Crippen LogP contribution is 2.38. The summed E-state index contributed by atoms with van der Waals surface area (Å²) in [6.07, 6.45) is 9.34. The van der Waals surface area contributed by atoms with E-state index in [-0.39, 0.29) is 18.2 Å². The van der Waals surface area contributed by atoms with Gasteiger partial charge in [0.25, 0.3) is 0 Å². The number of carbonyl (C=O) groups excluding carboxylic acids is 1. The highest BCUT2D eigenvalue weighted by molar-refractivity contribution is 9.10. The van der Waals surface area contributed by atoms with Crippen LogP contribution < -0.4 is 0 Å². The third-order valence-corrected chi connectivity index (χ3v) is 7.72. The Balaban J connectivity index is 1.35. The molecule has 1 atom stereocenters. The molecule has 2 aromatic rings. The second-order valence-electron chi connectivity index (χ2n) is 9.11. The first-order valence-corrected chi connectivity index (χ1v) is 12.9. The van der Waals surface area contributed by atoms with Crippen LogP contribution in [0, 0.1) is 0 Å². The molecule has 1 aliphatic heterocycles. The summed E-state index contributed by atoms with van der Waals surface area (Å²) in [5.74, 6) is 0. The molecule has 170 valence electrons. The number of nitrogens with zero attached hydrogens (tertiary/aromatic N) is 3. The average Bonchev–Trinajstić information content (AvgIpc) is 2.96. The second kappa shape index (κ2) is 9.70. The van der Waals surface area contributed by atoms with Gasteiger partial charge in [-0.05, 0) is 89.3 Å². The highest BCUT2D eigenvalue weighted by Gasteiger charge is 2.34. The first-order valence-electron chi connectivity index (χ1n) is 11.7. The summed E-state index contributed by atoms with van der Waals surface area (Å²) < 4.78 is 6.82. The van der Waals surface area contributed by atoms with Gasteiger partial charge in [-0.25, -0.2) is 4.79 Å². The van der Waals surface area contributed by atoms with Crippen LogP contribution in [-0.4, -0.2) is 53.2 Å². The zero-order chi connectivity index (χ0) is 22.1. The van der Waals surface area contributed by atoms with Gasteiger partial charge < -0.3 is 9.64 Å². The van der Waals surface area contributed by atoms with E-state index in [1.165, 1.54) is 36.0 Å². The van der Waals surface area contributed by atoms with E-state index in [2.05, 4.69) is 39.0 Å². The van der Waals surface area contributed by atoms with E-state index in [1.807, 2.05) is 17.2 Å². The van der Waals surface area contributed by atoms with Crippen LogP contribution in [0.2, 0.25) is 5.02 Å². The van der Waals surface area contributed by atoms with Crippen LogP contribution in [-0.2, 0) is 17.6 Å². The van der Waals surface area contributed by atoms with Crippen LogP contribution >= 0.6 is 27.5 Å². The summed E-state index contributed by atoms with van der Waals surface area (Å²) in [5, 5.41) is 0.776. The molecule has 2 fully saturated rings. The molecule has 0 spiro atoms. The standard InChI is InChI=1S/C25H29BrClN3O2/c26-19-14-18-7-6-17-15-20(27)8-9-22(17)24(23(18)28-16-19)29-10-12-30(13-11-29)25(31)32-21-4-2-1-3-5-21/h8-9,14-16,21,24H,1-7,10-13H2. The molecule has 7 heteroatoms. The normalized spacial score (nSPS) is 22.1. The molecule has 5 rings (SSSR count). The third-order valence-electron chi connectivity index (χ3n) is 7.05. The van der Waals surface area contributed by atoms with Crippen molar-refractivity contribution in [3.8, 4) is 0 Å². The van der Waals surface area contributed by atoms with E-state index in [0.717, 1.165) is 54.0 Å². The first-order chi connectivity index (χ1) is 15.6. The number of benzene rings is 1. The number of fused-ring (bicyclic) bond motifs is 2. The van der Waals surface area contributed by atoms with Gasteiger partial charge in [-0.2, -0.15) is 0 Å². The number of halogens is 2. The van der Waals surface area contributed by atoms with Gasteiger partial charge in [-0.3, -0.25) is 9.88 Å². The van der Waals surface area contributed by atoms with Gasteiger partial charge in [0, 0.05) is 41.9 Å². The van der Waals surface area contributed by atoms with E-state index in [0.29, 0.717) is 13.1 Å². The Morgan fingerprint density at radius 3 is 2.56 bits per heavy atom. The molecule has 0 radical (unpaired) electrons. The van der Waals surface area contributed by atoms with Gasteiger partial charge in [0.1, 0.15) is 6.10 Å². The van der Waals surface area contributed by atoms with Crippen LogP contribution in [0.25, 0.3) is 0 Å². The van der Waals surface area contributed by atoms with Gasteiger partial charge in [0.2, 0.25) is 0 Å².